The first-order valence-electron chi connectivity index (χ1n) is 6.37. The Kier molecular flexibility index (Phi) is 3.88. The molecule has 0 aliphatic heterocycles. The van der Waals surface area contributed by atoms with E-state index in [-0.39, 0.29) is 0 Å². The molecule has 0 fully saturated rings. The van der Waals surface area contributed by atoms with Crippen molar-refractivity contribution in [1.29, 1.82) is 0 Å². The van der Waals surface area contributed by atoms with Crippen LogP contribution in [0.1, 0.15) is 0 Å². The summed E-state index contributed by atoms with van der Waals surface area (Å²) in [7, 11) is 0. The second kappa shape index (κ2) is 6.33. The van der Waals surface area contributed by atoms with Gasteiger partial charge in [-0.15, -0.1) is 5.11 Å². The standard InChI is InChI=1S/C15H12N6/c1-2-6-12(7-3-1)20-21-14-9-5-4-8-13(14)19-15-17-10-16-11-18-15/h1-11H,(H,16,17,18,19)/b21-20+. The van der Waals surface area contributed by atoms with Crippen molar-refractivity contribution in [3.63, 3.8) is 0 Å². The van der Waals surface area contributed by atoms with Gasteiger partial charge in [0.05, 0.1) is 11.4 Å². The number of para-hydroxylation sites is 1. The zero-order valence-corrected chi connectivity index (χ0v) is 11.1. The first kappa shape index (κ1) is 12.9. The molecule has 1 N–H and O–H groups in total. The molecular formula is C15H12N6. The number of hydrogen-bond acceptors (Lipinski definition) is 6. The summed E-state index contributed by atoms with van der Waals surface area (Å²) in [6.45, 7) is 0. The molecule has 2 aromatic carbocycles. The monoisotopic (exact) mass is 276 g/mol. The van der Waals surface area contributed by atoms with E-state index in [4.69, 9.17) is 0 Å². The van der Waals surface area contributed by atoms with Crippen LogP contribution >= 0.6 is 0 Å². The lowest BCUT2D eigenvalue weighted by Crippen LogP contribution is -1.96. The van der Waals surface area contributed by atoms with Gasteiger partial charge >= 0.3 is 0 Å². The molecule has 0 radical (unpaired) electrons. The van der Waals surface area contributed by atoms with Crippen LogP contribution in [-0.4, -0.2) is 15.0 Å². The zero-order chi connectivity index (χ0) is 14.3. The summed E-state index contributed by atoms with van der Waals surface area (Å²) >= 11 is 0. The van der Waals surface area contributed by atoms with Crippen LogP contribution in [0.25, 0.3) is 0 Å². The van der Waals surface area contributed by atoms with Gasteiger partial charge in [-0.25, -0.2) is 15.0 Å². The molecule has 102 valence electrons. The molecule has 0 spiro atoms. The Labute approximate surface area is 121 Å². The van der Waals surface area contributed by atoms with Gasteiger partial charge in [0.1, 0.15) is 18.3 Å². The summed E-state index contributed by atoms with van der Waals surface area (Å²) in [5.41, 5.74) is 2.29. The molecule has 3 rings (SSSR count). The first-order chi connectivity index (χ1) is 10.4. The van der Waals surface area contributed by atoms with Crippen molar-refractivity contribution < 1.29 is 0 Å². The van der Waals surface area contributed by atoms with Crippen molar-refractivity contribution in [2.75, 3.05) is 5.32 Å². The van der Waals surface area contributed by atoms with Crippen molar-refractivity contribution in [1.82, 2.24) is 15.0 Å². The maximum atomic E-state index is 4.26. The Balaban J connectivity index is 1.84. The average Bonchev–Trinajstić information content (AvgIpc) is 2.56. The molecule has 1 heterocycles. The van der Waals surface area contributed by atoms with Gasteiger partial charge in [0, 0.05) is 0 Å². The molecule has 0 saturated heterocycles. The third kappa shape index (κ3) is 3.44. The van der Waals surface area contributed by atoms with Crippen LogP contribution in [0.4, 0.5) is 23.0 Å². The average molecular weight is 276 g/mol. The van der Waals surface area contributed by atoms with E-state index in [0.717, 1.165) is 11.4 Å². The molecular weight excluding hydrogens is 264 g/mol. The Bertz CT molecular complexity index is 727. The number of benzene rings is 2. The smallest absolute Gasteiger partial charge is 0.230 e. The molecule has 0 aliphatic rings. The van der Waals surface area contributed by atoms with Crippen molar-refractivity contribution in [3.05, 3.63) is 67.3 Å². The molecule has 0 bridgehead atoms. The van der Waals surface area contributed by atoms with Gasteiger partial charge in [0.2, 0.25) is 5.95 Å². The minimum Gasteiger partial charge on any atom is -0.322 e. The van der Waals surface area contributed by atoms with E-state index in [1.165, 1.54) is 12.7 Å². The quantitative estimate of drug-likeness (QED) is 0.730. The largest absolute Gasteiger partial charge is 0.322 e. The lowest BCUT2D eigenvalue weighted by Gasteiger charge is -2.06. The fourth-order valence-corrected chi connectivity index (χ4v) is 1.70. The summed E-state index contributed by atoms with van der Waals surface area (Å²) < 4.78 is 0. The summed E-state index contributed by atoms with van der Waals surface area (Å²) in [5.74, 6) is 0.465. The Morgan fingerprint density at radius 2 is 1.48 bits per heavy atom. The van der Waals surface area contributed by atoms with E-state index in [1.54, 1.807) is 0 Å². The van der Waals surface area contributed by atoms with E-state index in [9.17, 15) is 0 Å². The molecule has 0 unspecified atom stereocenters. The summed E-state index contributed by atoms with van der Waals surface area (Å²) in [4.78, 5) is 11.8. The van der Waals surface area contributed by atoms with Gasteiger partial charge in [-0.2, -0.15) is 5.11 Å². The minimum atomic E-state index is 0.465. The summed E-state index contributed by atoms with van der Waals surface area (Å²) in [6.07, 6.45) is 2.87. The van der Waals surface area contributed by atoms with E-state index in [1.807, 2.05) is 54.6 Å². The van der Waals surface area contributed by atoms with E-state index in [0.29, 0.717) is 11.6 Å². The molecule has 0 amide bonds. The predicted octanol–water partition coefficient (Wildman–Crippen LogP) is 4.03. The second-order valence-electron chi connectivity index (χ2n) is 4.14. The highest BCUT2D eigenvalue weighted by Gasteiger charge is 2.02. The second-order valence-corrected chi connectivity index (χ2v) is 4.14. The summed E-state index contributed by atoms with van der Waals surface area (Å²) in [5, 5.41) is 11.6. The maximum Gasteiger partial charge on any atom is 0.230 e. The number of azo groups is 1. The van der Waals surface area contributed by atoms with Crippen LogP contribution < -0.4 is 5.32 Å². The van der Waals surface area contributed by atoms with Crippen LogP contribution in [0.15, 0.2) is 77.5 Å². The van der Waals surface area contributed by atoms with Gasteiger partial charge in [-0.3, -0.25) is 0 Å². The van der Waals surface area contributed by atoms with Crippen LogP contribution in [0.3, 0.4) is 0 Å². The van der Waals surface area contributed by atoms with Crippen molar-refractivity contribution in [2.45, 2.75) is 0 Å². The van der Waals surface area contributed by atoms with Crippen LogP contribution in [0.5, 0.6) is 0 Å². The van der Waals surface area contributed by atoms with Crippen molar-refractivity contribution in [2.24, 2.45) is 10.2 Å². The topological polar surface area (TPSA) is 75.4 Å². The zero-order valence-electron chi connectivity index (χ0n) is 11.1. The molecule has 3 aromatic rings. The van der Waals surface area contributed by atoms with Gasteiger partial charge in [-0.05, 0) is 24.3 Å². The first-order valence-corrected chi connectivity index (χ1v) is 6.37. The fourth-order valence-electron chi connectivity index (χ4n) is 1.70. The molecule has 0 saturated carbocycles. The number of aromatic nitrogens is 3. The lowest BCUT2D eigenvalue weighted by molar-refractivity contribution is 1.05. The predicted molar refractivity (Wildman–Crippen MR) is 80.2 cm³/mol. The van der Waals surface area contributed by atoms with Gasteiger partial charge < -0.3 is 5.32 Å². The highest BCUT2D eigenvalue weighted by molar-refractivity contribution is 5.69. The Morgan fingerprint density at radius 3 is 2.29 bits per heavy atom. The summed E-state index contributed by atoms with van der Waals surface area (Å²) in [6, 6.07) is 17.1. The van der Waals surface area contributed by atoms with Crippen LogP contribution in [-0.2, 0) is 0 Å². The molecule has 21 heavy (non-hydrogen) atoms. The van der Waals surface area contributed by atoms with Gasteiger partial charge in [0.15, 0.2) is 0 Å². The van der Waals surface area contributed by atoms with Crippen molar-refractivity contribution in [3.8, 4) is 0 Å². The van der Waals surface area contributed by atoms with E-state index in [2.05, 4.69) is 30.5 Å². The highest BCUT2D eigenvalue weighted by Crippen LogP contribution is 2.28. The molecule has 6 heteroatoms. The number of anilines is 2. The number of nitrogens with zero attached hydrogens (tertiary/aromatic N) is 5. The van der Waals surface area contributed by atoms with E-state index >= 15 is 0 Å². The Morgan fingerprint density at radius 1 is 0.762 bits per heavy atom. The maximum absolute atomic E-state index is 4.26. The van der Waals surface area contributed by atoms with Crippen LogP contribution in [0, 0.1) is 0 Å². The minimum absolute atomic E-state index is 0.465. The van der Waals surface area contributed by atoms with Gasteiger partial charge in [-0.1, -0.05) is 30.3 Å². The third-order valence-electron chi connectivity index (χ3n) is 2.67. The Hall–Kier alpha value is -3.15. The third-order valence-corrected chi connectivity index (χ3v) is 2.67. The lowest BCUT2D eigenvalue weighted by atomic mass is 10.3. The molecule has 6 nitrogen and oxygen atoms in total. The molecule has 1 aromatic heterocycles. The number of hydrogen-bond donors (Lipinski definition) is 1. The number of rotatable bonds is 4. The van der Waals surface area contributed by atoms with E-state index < -0.39 is 0 Å². The number of nitrogens with one attached hydrogen (secondary N) is 1. The molecule has 0 atom stereocenters. The fraction of sp³-hybridized carbons (Fsp3) is 0. The normalized spacial score (nSPS) is 10.7. The van der Waals surface area contributed by atoms with Gasteiger partial charge in [0.25, 0.3) is 0 Å². The molecule has 0 aliphatic carbocycles. The van der Waals surface area contributed by atoms with Crippen molar-refractivity contribution >= 4 is 23.0 Å². The highest BCUT2D eigenvalue weighted by atomic mass is 15.2. The SMILES string of the molecule is c1ccc(/N=N/c2ccccc2Nc2ncncn2)cc1. The van der Waals surface area contributed by atoms with Crippen LogP contribution in [0.2, 0.25) is 0 Å².